The van der Waals surface area contributed by atoms with Gasteiger partial charge in [-0.2, -0.15) is 0 Å². The molecule has 2 rings (SSSR count). The molecule has 1 N–H and O–H groups in total. The number of nitrogens with zero attached hydrogens (tertiary/aromatic N) is 1. The van der Waals surface area contributed by atoms with Crippen molar-refractivity contribution in [2.24, 2.45) is 0 Å². The molecule has 1 aromatic rings. The molecule has 1 fully saturated rings. The normalized spacial score (nSPS) is 18.7. The van der Waals surface area contributed by atoms with E-state index < -0.39 is 23.6 Å². The van der Waals surface area contributed by atoms with Gasteiger partial charge in [0.2, 0.25) is 5.91 Å². The van der Waals surface area contributed by atoms with E-state index in [9.17, 15) is 23.5 Å². The third-order valence-electron chi connectivity index (χ3n) is 4.28. The van der Waals surface area contributed by atoms with E-state index >= 15 is 0 Å². The van der Waals surface area contributed by atoms with Crippen LogP contribution in [0.4, 0.5) is 8.78 Å². The first kappa shape index (κ1) is 21.6. The van der Waals surface area contributed by atoms with Gasteiger partial charge in [0.05, 0.1) is 18.1 Å². The number of carbonyl (C=O) groups excluding carboxylic acids is 2. The zero-order chi connectivity index (χ0) is 17.9. The fourth-order valence-corrected chi connectivity index (χ4v) is 3.05. The molecule has 0 aliphatic carbocycles. The van der Waals surface area contributed by atoms with E-state index in [1.54, 1.807) is 0 Å². The minimum Gasteiger partial charge on any atom is -0.548 e. The predicted molar refractivity (Wildman–Crippen MR) is 81.9 cm³/mol. The van der Waals surface area contributed by atoms with Crippen LogP contribution in [0.3, 0.4) is 0 Å². The van der Waals surface area contributed by atoms with Gasteiger partial charge >= 0.3 is 18.9 Å². The minimum atomic E-state index is -1.46. The summed E-state index contributed by atoms with van der Waals surface area (Å²) in [6.45, 7) is 4.74. The van der Waals surface area contributed by atoms with Gasteiger partial charge < -0.3 is 15.2 Å². The predicted octanol–water partition coefficient (Wildman–Crippen LogP) is -2.38. The van der Waals surface area contributed by atoms with Crippen LogP contribution in [0.1, 0.15) is 32.3 Å². The standard InChI is InChI=1S/C17H22F2N2O3.Li/c1-10(2)21-7-3-4-15(21)16(22)20-14(17(23)24)9-11-5-6-12(18)13(19)8-11;/h5-6,8,10,14-15H,3-4,7,9H2,1-2H3,(H,20,22)(H,23,24);/q;+1/p-1/t14-,15+;/m0./s1. The quantitative estimate of drug-likeness (QED) is 0.584. The van der Waals surface area contributed by atoms with Crippen molar-refractivity contribution in [2.75, 3.05) is 6.54 Å². The van der Waals surface area contributed by atoms with Crippen LogP contribution >= 0.6 is 0 Å². The van der Waals surface area contributed by atoms with Crippen LogP contribution in [-0.2, 0) is 16.0 Å². The van der Waals surface area contributed by atoms with Crippen LogP contribution < -0.4 is 29.3 Å². The molecule has 0 unspecified atom stereocenters. The van der Waals surface area contributed by atoms with E-state index in [-0.39, 0.29) is 48.8 Å². The molecule has 132 valence electrons. The number of carbonyl (C=O) groups is 2. The molecule has 0 spiro atoms. The van der Waals surface area contributed by atoms with E-state index in [1.807, 2.05) is 18.7 Å². The average molecular weight is 346 g/mol. The molecule has 0 bridgehead atoms. The number of aliphatic carboxylic acids is 1. The molecule has 2 atom stereocenters. The van der Waals surface area contributed by atoms with Gasteiger partial charge in [0, 0.05) is 6.04 Å². The van der Waals surface area contributed by atoms with Crippen molar-refractivity contribution in [1.82, 2.24) is 10.2 Å². The maximum Gasteiger partial charge on any atom is 1.00 e. The Kier molecular flexibility index (Phi) is 8.06. The van der Waals surface area contributed by atoms with Gasteiger partial charge in [-0.25, -0.2) is 8.78 Å². The molecule has 1 saturated heterocycles. The van der Waals surface area contributed by atoms with Crippen molar-refractivity contribution in [1.29, 1.82) is 0 Å². The van der Waals surface area contributed by atoms with E-state index in [0.717, 1.165) is 25.1 Å². The number of likely N-dealkylation sites (tertiary alicyclic amines) is 1. The molecule has 1 aliphatic heterocycles. The number of rotatable bonds is 6. The van der Waals surface area contributed by atoms with Crippen LogP contribution in [0.2, 0.25) is 0 Å². The second-order valence-corrected chi connectivity index (χ2v) is 6.32. The number of benzene rings is 1. The molecule has 1 aliphatic rings. The first-order valence-electron chi connectivity index (χ1n) is 8.00. The molecule has 1 aromatic carbocycles. The van der Waals surface area contributed by atoms with Gasteiger partial charge in [-0.3, -0.25) is 9.69 Å². The van der Waals surface area contributed by atoms with Crippen molar-refractivity contribution < 1.29 is 42.3 Å². The Morgan fingerprint density at radius 3 is 2.56 bits per heavy atom. The molecular weight excluding hydrogens is 325 g/mol. The van der Waals surface area contributed by atoms with Gasteiger partial charge in [-0.05, 0) is 57.4 Å². The average Bonchev–Trinajstić information content (AvgIpc) is 3.00. The summed E-state index contributed by atoms with van der Waals surface area (Å²) in [5.74, 6) is -3.90. The molecule has 0 aromatic heterocycles. The minimum absolute atomic E-state index is 0. The smallest absolute Gasteiger partial charge is 0.548 e. The van der Waals surface area contributed by atoms with E-state index in [1.165, 1.54) is 6.07 Å². The summed E-state index contributed by atoms with van der Waals surface area (Å²) in [6.07, 6.45) is 1.37. The Balaban J connectivity index is 0.00000312. The first-order valence-corrected chi connectivity index (χ1v) is 8.00. The summed E-state index contributed by atoms with van der Waals surface area (Å²) < 4.78 is 26.2. The number of carboxylic acid groups (broad SMARTS) is 1. The molecule has 1 amide bonds. The maximum atomic E-state index is 13.2. The topological polar surface area (TPSA) is 72.5 Å². The van der Waals surface area contributed by atoms with Crippen LogP contribution in [-0.4, -0.2) is 41.4 Å². The van der Waals surface area contributed by atoms with Gasteiger partial charge in [-0.15, -0.1) is 0 Å². The third-order valence-corrected chi connectivity index (χ3v) is 4.28. The van der Waals surface area contributed by atoms with Crippen LogP contribution in [0.15, 0.2) is 18.2 Å². The first-order chi connectivity index (χ1) is 11.3. The van der Waals surface area contributed by atoms with Gasteiger partial charge in [0.25, 0.3) is 0 Å². The molecule has 25 heavy (non-hydrogen) atoms. The van der Waals surface area contributed by atoms with Crippen molar-refractivity contribution >= 4 is 11.9 Å². The van der Waals surface area contributed by atoms with Gasteiger partial charge in [-0.1, -0.05) is 6.07 Å². The summed E-state index contributed by atoms with van der Waals surface area (Å²) in [5, 5.41) is 13.8. The van der Waals surface area contributed by atoms with E-state index in [0.29, 0.717) is 6.42 Å². The van der Waals surface area contributed by atoms with Crippen LogP contribution in [0.25, 0.3) is 0 Å². The Morgan fingerprint density at radius 2 is 2.00 bits per heavy atom. The summed E-state index contributed by atoms with van der Waals surface area (Å²) in [6, 6.07) is 1.64. The number of hydrogen-bond acceptors (Lipinski definition) is 4. The number of nitrogens with one attached hydrogen (secondary N) is 1. The fraction of sp³-hybridized carbons (Fsp3) is 0.529. The van der Waals surface area contributed by atoms with Crippen molar-refractivity contribution in [3.8, 4) is 0 Å². The number of halogens is 2. The summed E-state index contributed by atoms with van der Waals surface area (Å²) in [5.41, 5.74) is 0.274. The van der Waals surface area contributed by atoms with E-state index in [4.69, 9.17) is 0 Å². The number of hydrogen-bond donors (Lipinski definition) is 1. The van der Waals surface area contributed by atoms with Crippen LogP contribution in [0, 0.1) is 11.6 Å². The summed E-state index contributed by atoms with van der Waals surface area (Å²) in [4.78, 5) is 25.7. The second kappa shape index (κ2) is 9.32. The number of carboxylic acids is 1. The maximum absolute atomic E-state index is 13.2. The second-order valence-electron chi connectivity index (χ2n) is 6.32. The molecule has 8 heteroatoms. The Morgan fingerprint density at radius 1 is 1.32 bits per heavy atom. The van der Waals surface area contributed by atoms with Gasteiger partial charge in [0.1, 0.15) is 0 Å². The Bertz CT molecular complexity index is 628. The Labute approximate surface area is 157 Å². The van der Waals surface area contributed by atoms with Crippen molar-refractivity contribution in [3.05, 3.63) is 35.4 Å². The van der Waals surface area contributed by atoms with Crippen LogP contribution in [0.5, 0.6) is 0 Å². The zero-order valence-electron chi connectivity index (χ0n) is 14.7. The monoisotopic (exact) mass is 346 g/mol. The van der Waals surface area contributed by atoms with Gasteiger partial charge in [0.15, 0.2) is 11.6 Å². The zero-order valence-corrected chi connectivity index (χ0v) is 14.7. The molecule has 5 nitrogen and oxygen atoms in total. The summed E-state index contributed by atoms with van der Waals surface area (Å²) in [7, 11) is 0. The molecule has 1 heterocycles. The molecular formula is C17H21F2LiN2O3. The largest absolute Gasteiger partial charge is 1.00 e. The fourth-order valence-electron chi connectivity index (χ4n) is 3.05. The third kappa shape index (κ3) is 5.53. The van der Waals surface area contributed by atoms with Crippen molar-refractivity contribution in [2.45, 2.75) is 51.2 Å². The summed E-state index contributed by atoms with van der Waals surface area (Å²) >= 11 is 0. The Hall–Kier alpha value is -1.42. The SMILES string of the molecule is CC(C)N1CCC[C@@H]1C(=O)N[C@@H](Cc1ccc(F)c(F)c1)C(=O)[O-].[Li+]. The molecule has 0 saturated carbocycles. The number of amides is 1. The van der Waals surface area contributed by atoms with Crippen molar-refractivity contribution in [3.63, 3.8) is 0 Å². The molecule has 0 radical (unpaired) electrons. The van der Waals surface area contributed by atoms with E-state index in [2.05, 4.69) is 5.32 Å².